The molecule has 30 heavy (non-hydrogen) atoms. The van der Waals surface area contributed by atoms with Gasteiger partial charge in [0.15, 0.2) is 5.78 Å². The molecule has 0 aliphatic carbocycles. The van der Waals surface area contributed by atoms with E-state index in [0.717, 1.165) is 0 Å². The monoisotopic (exact) mass is 431 g/mol. The van der Waals surface area contributed by atoms with E-state index >= 15 is 0 Å². The number of carbonyl (C=O) groups is 3. The number of thiol groups is 1. The molecule has 0 heterocycles. The second-order valence-electron chi connectivity index (χ2n) is 6.82. The molecule has 0 unspecified atom stereocenters. The minimum atomic E-state index is -0.664. The Morgan fingerprint density at radius 2 is 1.70 bits per heavy atom. The molecular formula is C22H25NO6S. The van der Waals surface area contributed by atoms with Gasteiger partial charge in [-0.2, -0.15) is 12.6 Å². The van der Waals surface area contributed by atoms with E-state index in [1.807, 2.05) is 6.92 Å². The van der Waals surface area contributed by atoms with Crippen molar-refractivity contribution >= 4 is 36.2 Å². The lowest BCUT2D eigenvalue weighted by atomic mass is 9.94. The van der Waals surface area contributed by atoms with Gasteiger partial charge in [0.1, 0.15) is 11.9 Å². The van der Waals surface area contributed by atoms with Crippen molar-refractivity contribution in [3.8, 4) is 5.75 Å². The third-order valence-electron chi connectivity index (χ3n) is 4.48. The first-order valence-corrected chi connectivity index (χ1v) is 10.1. The molecule has 2 aromatic rings. The van der Waals surface area contributed by atoms with Crippen molar-refractivity contribution in [3.05, 3.63) is 59.7 Å². The van der Waals surface area contributed by atoms with Crippen LogP contribution in [0.4, 0.5) is 10.5 Å². The summed E-state index contributed by atoms with van der Waals surface area (Å²) in [5, 5.41) is 12.2. The zero-order chi connectivity index (χ0) is 22.1. The fraction of sp³-hybridized carbons (Fsp3) is 0.318. The number of nitrogens with one attached hydrogen (secondary N) is 1. The largest absolute Gasteiger partial charge is 0.508 e. The van der Waals surface area contributed by atoms with Crippen molar-refractivity contribution in [1.82, 2.24) is 0 Å². The zero-order valence-electron chi connectivity index (χ0n) is 16.8. The maximum Gasteiger partial charge on any atom is 0.412 e. The van der Waals surface area contributed by atoms with Crippen molar-refractivity contribution in [2.24, 2.45) is 5.92 Å². The van der Waals surface area contributed by atoms with Crippen molar-refractivity contribution in [3.63, 3.8) is 0 Å². The van der Waals surface area contributed by atoms with E-state index < -0.39 is 18.2 Å². The first-order valence-electron chi connectivity index (χ1n) is 9.44. The van der Waals surface area contributed by atoms with Crippen LogP contribution in [0.2, 0.25) is 0 Å². The number of aromatic hydroxyl groups is 1. The lowest BCUT2D eigenvalue weighted by Crippen LogP contribution is -2.23. The smallest absolute Gasteiger partial charge is 0.412 e. The Balaban J connectivity index is 2.07. The van der Waals surface area contributed by atoms with Gasteiger partial charge >= 0.3 is 12.1 Å². The van der Waals surface area contributed by atoms with Crippen LogP contribution in [0.25, 0.3) is 0 Å². The first kappa shape index (κ1) is 23.3. The number of phenols is 1. The highest BCUT2D eigenvalue weighted by molar-refractivity contribution is 7.81. The topological polar surface area (TPSA) is 102 Å². The number of carbonyl (C=O) groups excluding carboxylic acids is 3. The highest BCUT2D eigenvalue weighted by atomic mass is 32.1. The van der Waals surface area contributed by atoms with Gasteiger partial charge in [0.25, 0.3) is 0 Å². The molecule has 0 aliphatic heterocycles. The predicted octanol–water partition coefficient (Wildman–Crippen LogP) is 4.38. The number of amides is 1. The number of benzene rings is 2. The molecule has 0 saturated heterocycles. The van der Waals surface area contributed by atoms with Gasteiger partial charge < -0.3 is 14.6 Å². The summed E-state index contributed by atoms with van der Waals surface area (Å²) in [6.45, 7) is 3.52. The summed E-state index contributed by atoms with van der Waals surface area (Å²) in [5.41, 5.74) is 1.73. The summed E-state index contributed by atoms with van der Waals surface area (Å²) in [6, 6.07) is 12.8. The third-order valence-corrected chi connectivity index (χ3v) is 4.73. The molecule has 2 aromatic carbocycles. The van der Waals surface area contributed by atoms with Crippen molar-refractivity contribution in [2.75, 3.05) is 17.7 Å². The Kier molecular flexibility index (Phi) is 8.73. The number of esters is 1. The van der Waals surface area contributed by atoms with E-state index in [9.17, 15) is 19.5 Å². The number of anilines is 1. The van der Waals surface area contributed by atoms with Gasteiger partial charge in [-0.25, -0.2) is 4.79 Å². The molecule has 0 aliphatic rings. The average molecular weight is 432 g/mol. The van der Waals surface area contributed by atoms with Crippen LogP contribution in [0.15, 0.2) is 48.5 Å². The van der Waals surface area contributed by atoms with Crippen LogP contribution in [0.1, 0.15) is 42.3 Å². The second kappa shape index (κ2) is 11.3. The summed E-state index contributed by atoms with van der Waals surface area (Å²) in [6.07, 6.45) is -0.828. The highest BCUT2D eigenvalue weighted by Crippen LogP contribution is 2.30. The molecule has 0 radical (unpaired) electrons. The van der Waals surface area contributed by atoms with Gasteiger partial charge in [0.2, 0.25) is 0 Å². The number of hydrogen-bond acceptors (Lipinski definition) is 7. The number of ether oxygens (including phenoxy) is 2. The normalized spacial score (nSPS) is 12.5. The second-order valence-corrected chi connectivity index (χ2v) is 7.14. The maximum atomic E-state index is 12.5. The fourth-order valence-corrected chi connectivity index (χ4v) is 2.87. The quantitative estimate of drug-likeness (QED) is 0.309. The van der Waals surface area contributed by atoms with Crippen molar-refractivity contribution in [1.29, 1.82) is 0 Å². The molecule has 2 N–H and O–H groups in total. The molecule has 160 valence electrons. The molecule has 0 bridgehead atoms. The first-order chi connectivity index (χ1) is 14.3. The Bertz CT molecular complexity index is 866. The molecule has 0 aromatic heterocycles. The van der Waals surface area contributed by atoms with E-state index in [1.165, 1.54) is 19.1 Å². The minimum Gasteiger partial charge on any atom is -0.508 e. The fourth-order valence-electron chi connectivity index (χ4n) is 2.78. The number of rotatable bonds is 9. The number of Topliss-reactive ketones (excluding diaryl/α,β-unsaturated/α-hetero) is 1. The average Bonchev–Trinajstić information content (AvgIpc) is 2.73. The van der Waals surface area contributed by atoms with Crippen LogP contribution in [0, 0.1) is 5.92 Å². The van der Waals surface area contributed by atoms with Crippen LogP contribution >= 0.6 is 12.6 Å². The summed E-state index contributed by atoms with van der Waals surface area (Å²) in [5.74, 6) is -0.559. The van der Waals surface area contributed by atoms with E-state index in [-0.39, 0.29) is 29.8 Å². The predicted molar refractivity (Wildman–Crippen MR) is 116 cm³/mol. The third kappa shape index (κ3) is 7.11. The van der Waals surface area contributed by atoms with Gasteiger partial charge in [-0.05, 0) is 55.3 Å². The molecule has 2 rings (SSSR count). The van der Waals surface area contributed by atoms with Gasteiger partial charge in [0, 0.05) is 17.2 Å². The summed E-state index contributed by atoms with van der Waals surface area (Å²) < 4.78 is 10.7. The van der Waals surface area contributed by atoms with Gasteiger partial charge in [0.05, 0.1) is 12.4 Å². The van der Waals surface area contributed by atoms with E-state index in [4.69, 9.17) is 9.47 Å². The van der Waals surface area contributed by atoms with E-state index in [2.05, 4.69) is 17.9 Å². The lowest BCUT2D eigenvalue weighted by Gasteiger charge is -2.25. The molecular weight excluding hydrogens is 406 g/mol. The van der Waals surface area contributed by atoms with Gasteiger partial charge in [-0.3, -0.25) is 14.9 Å². The number of phenolic OH excluding ortho intramolecular Hbond substituents is 1. The Labute approximate surface area is 180 Å². The Morgan fingerprint density at radius 1 is 1.07 bits per heavy atom. The van der Waals surface area contributed by atoms with Gasteiger partial charge in [-0.15, -0.1) is 0 Å². The van der Waals surface area contributed by atoms with Crippen LogP contribution < -0.4 is 5.32 Å². The van der Waals surface area contributed by atoms with Gasteiger partial charge in [-0.1, -0.05) is 19.1 Å². The standard InChI is InChI=1S/C22H25NO6S/c1-14(11-12-28-20(26)13-30)21(17-5-9-19(25)10-6-17)29-22(27)23-18-7-3-16(4-8-18)15(2)24/h3-10,14,21,25,30H,11-13H2,1-2H3,(H,23,27)/t14-,21+/m1/s1. The van der Waals surface area contributed by atoms with Crippen LogP contribution in [0.5, 0.6) is 5.75 Å². The Hall–Kier alpha value is -3.00. The summed E-state index contributed by atoms with van der Waals surface area (Å²) >= 11 is 3.86. The zero-order valence-corrected chi connectivity index (χ0v) is 17.7. The van der Waals surface area contributed by atoms with Crippen molar-refractivity contribution in [2.45, 2.75) is 26.4 Å². The molecule has 8 heteroatoms. The minimum absolute atomic E-state index is 0.00288. The van der Waals surface area contributed by atoms with Crippen LogP contribution in [0.3, 0.4) is 0 Å². The molecule has 0 saturated carbocycles. The molecule has 2 atom stereocenters. The molecule has 0 fully saturated rings. The number of ketones is 1. The van der Waals surface area contributed by atoms with Crippen LogP contribution in [-0.2, 0) is 14.3 Å². The summed E-state index contributed by atoms with van der Waals surface area (Å²) in [7, 11) is 0. The number of hydrogen-bond donors (Lipinski definition) is 3. The SMILES string of the molecule is CC(=O)c1ccc(NC(=O)O[C@H](c2ccc(O)cc2)[C@H](C)CCOC(=O)CS)cc1. The Morgan fingerprint density at radius 3 is 2.27 bits per heavy atom. The summed E-state index contributed by atoms with van der Waals surface area (Å²) in [4.78, 5) is 35.1. The molecule has 7 nitrogen and oxygen atoms in total. The van der Waals surface area contributed by atoms with E-state index in [1.54, 1.807) is 36.4 Å². The maximum absolute atomic E-state index is 12.5. The highest BCUT2D eigenvalue weighted by Gasteiger charge is 2.24. The molecule has 0 spiro atoms. The lowest BCUT2D eigenvalue weighted by molar-refractivity contribution is -0.141. The molecule has 1 amide bonds. The van der Waals surface area contributed by atoms with E-state index in [0.29, 0.717) is 23.2 Å². The van der Waals surface area contributed by atoms with Crippen molar-refractivity contribution < 1.29 is 29.0 Å². The van der Waals surface area contributed by atoms with Crippen LogP contribution in [-0.4, -0.2) is 35.3 Å².